The van der Waals surface area contributed by atoms with E-state index in [1.165, 1.54) is 0 Å². The molecule has 3 rings (SSSR count). The van der Waals surface area contributed by atoms with Gasteiger partial charge in [-0.05, 0) is 48.7 Å². The molecular formula is C22H22N2O. The van der Waals surface area contributed by atoms with E-state index < -0.39 is 6.04 Å². The third-order valence-electron chi connectivity index (χ3n) is 4.13. The predicted molar refractivity (Wildman–Crippen MR) is 104 cm³/mol. The van der Waals surface area contributed by atoms with Gasteiger partial charge in [0.2, 0.25) is 0 Å². The van der Waals surface area contributed by atoms with Crippen LogP contribution in [-0.4, -0.2) is 5.91 Å². The molecule has 0 saturated carbocycles. The van der Waals surface area contributed by atoms with Crippen molar-refractivity contribution in [2.45, 2.75) is 19.9 Å². The van der Waals surface area contributed by atoms with Crippen molar-refractivity contribution < 1.29 is 4.79 Å². The first kappa shape index (κ1) is 16.8. The largest absolute Gasteiger partial charge is 0.370 e. The molecule has 2 N–H and O–H groups in total. The number of rotatable bonds is 5. The van der Waals surface area contributed by atoms with Crippen LogP contribution < -0.4 is 10.6 Å². The van der Waals surface area contributed by atoms with Gasteiger partial charge in [-0.3, -0.25) is 4.79 Å². The average Bonchev–Trinajstić information content (AvgIpc) is 2.64. The highest BCUT2D eigenvalue weighted by Gasteiger charge is 2.21. The van der Waals surface area contributed by atoms with E-state index in [1.54, 1.807) is 0 Å². The maximum atomic E-state index is 13.0. The van der Waals surface area contributed by atoms with Crippen LogP contribution in [0.2, 0.25) is 0 Å². The first-order valence-electron chi connectivity index (χ1n) is 8.38. The Morgan fingerprint density at radius 2 is 1.48 bits per heavy atom. The molecule has 0 aliphatic carbocycles. The van der Waals surface area contributed by atoms with Gasteiger partial charge in [-0.2, -0.15) is 0 Å². The molecular weight excluding hydrogens is 308 g/mol. The fourth-order valence-corrected chi connectivity index (χ4v) is 2.72. The van der Waals surface area contributed by atoms with Gasteiger partial charge in [0.25, 0.3) is 5.91 Å². The van der Waals surface area contributed by atoms with Crippen molar-refractivity contribution in [1.29, 1.82) is 0 Å². The standard InChI is InChI=1S/C22H22N2O/c1-16-13-14-17(2)20(15-16)24-22(25)21(18-9-5-3-6-10-18)23-19-11-7-4-8-12-19/h3-15,21,23H,1-2H3,(H,24,25). The molecule has 126 valence electrons. The van der Waals surface area contributed by atoms with Crippen LogP contribution in [0.3, 0.4) is 0 Å². The predicted octanol–water partition coefficient (Wildman–Crippen LogP) is 5.10. The Morgan fingerprint density at radius 1 is 0.840 bits per heavy atom. The van der Waals surface area contributed by atoms with Crippen LogP contribution >= 0.6 is 0 Å². The fourth-order valence-electron chi connectivity index (χ4n) is 2.72. The Kier molecular flexibility index (Phi) is 5.14. The summed E-state index contributed by atoms with van der Waals surface area (Å²) in [5.41, 5.74) is 4.85. The van der Waals surface area contributed by atoms with Gasteiger partial charge in [0, 0.05) is 11.4 Å². The lowest BCUT2D eigenvalue weighted by molar-refractivity contribution is -0.117. The first-order chi connectivity index (χ1) is 12.1. The van der Waals surface area contributed by atoms with Gasteiger partial charge in [0.05, 0.1) is 0 Å². The number of carbonyl (C=O) groups excluding carboxylic acids is 1. The number of hydrogen-bond donors (Lipinski definition) is 2. The number of amides is 1. The van der Waals surface area contributed by atoms with E-state index in [9.17, 15) is 4.79 Å². The molecule has 3 heteroatoms. The molecule has 3 nitrogen and oxygen atoms in total. The van der Waals surface area contributed by atoms with E-state index in [0.29, 0.717) is 0 Å². The minimum atomic E-state index is -0.469. The van der Waals surface area contributed by atoms with Crippen LogP contribution in [0, 0.1) is 13.8 Å². The lowest BCUT2D eigenvalue weighted by Gasteiger charge is -2.21. The summed E-state index contributed by atoms with van der Waals surface area (Å²) < 4.78 is 0. The molecule has 3 aromatic carbocycles. The van der Waals surface area contributed by atoms with E-state index in [-0.39, 0.29) is 5.91 Å². The molecule has 0 spiro atoms. The molecule has 0 aliphatic heterocycles. The second kappa shape index (κ2) is 7.67. The second-order valence-corrected chi connectivity index (χ2v) is 6.16. The number of carbonyl (C=O) groups is 1. The van der Waals surface area contributed by atoms with Gasteiger partial charge in [0.15, 0.2) is 0 Å². The summed E-state index contributed by atoms with van der Waals surface area (Å²) in [6, 6.07) is 25.1. The molecule has 1 atom stereocenters. The summed E-state index contributed by atoms with van der Waals surface area (Å²) >= 11 is 0. The van der Waals surface area contributed by atoms with E-state index in [4.69, 9.17) is 0 Å². The Bertz CT molecular complexity index is 844. The minimum Gasteiger partial charge on any atom is -0.370 e. The number of benzene rings is 3. The molecule has 0 heterocycles. The van der Waals surface area contributed by atoms with E-state index in [2.05, 4.69) is 10.6 Å². The van der Waals surface area contributed by atoms with Crippen LogP contribution in [0.25, 0.3) is 0 Å². The van der Waals surface area contributed by atoms with Crippen molar-refractivity contribution in [3.63, 3.8) is 0 Å². The maximum absolute atomic E-state index is 13.0. The smallest absolute Gasteiger partial charge is 0.251 e. The molecule has 0 aliphatic rings. The lowest BCUT2D eigenvalue weighted by Crippen LogP contribution is -2.27. The highest BCUT2D eigenvalue weighted by molar-refractivity contribution is 5.97. The molecule has 25 heavy (non-hydrogen) atoms. The quantitative estimate of drug-likeness (QED) is 0.684. The van der Waals surface area contributed by atoms with Crippen molar-refractivity contribution in [3.05, 3.63) is 95.6 Å². The van der Waals surface area contributed by atoms with Crippen LogP contribution in [0.5, 0.6) is 0 Å². The van der Waals surface area contributed by atoms with E-state index in [0.717, 1.165) is 28.1 Å². The molecule has 0 fully saturated rings. The highest BCUT2D eigenvalue weighted by atomic mass is 16.2. The zero-order valence-electron chi connectivity index (χ0n) is 14.5. The Labute approximate surface area is 148 Å². The summed E-state index contributed by atoms with van der Waals surface area (Å²) in [5, 5.41) is 6.41. The van der Waals surface area contributed by atoms with Crippen LogP contribution in [-0.2, 0) is 4.79 Å². The van der Waals surface area contributed by atoms with E-state index >= 15 is 0 Å². The van der Waals surface area contributed by atoms with Crippen LogP contribution in [0.4, 0.5) is 11.4 Å². The topological polar surface area (TPSA) is 41.1 Å². The SMILES string of the molecule is Cc1ccc(C)c(NC(=O)C(Nc2ccccc2)c2ccccc2)c1. The monoisotopic (exact) mass is 330 g/mol. The van der Waals surface area contributed by atoms with Crippen LogP contribution in [0.1, 0.15) is 22.7 Å². The Hall–Kier alpha value is -3.07. The average molecular weight is 330 g/mol. The summed E-state index contributed by atoms with van der Waals surface area (Å²) in [6.45, 7) is 4.02. The number of hydrogen-bond acceptors (Lipinski definition) is 2. The molecule has 0 bridgehead atoms. The number of nitrogens with one attached hydrogen (secondary N) is 2. The third kappa shape index (κ3) is 4.27. The van der Waals surface area contributed by atoms with Gasteiger partial charge in [-0.15, -0.1) is 0 Å². The highest BCUT2D eigenvalue weighted by Crippen LogP contribution is 2.23. The molecule has 0 aromatic heterocycles. The zero-order chi connectivity index (χ0) is 17.6. The Balaban J connectivity index is 1.88. The van der Waals surface area contributed by atoms with Crippen molar-refractivity contribution in [2.75, 3.05) is 10.6 Å². The summed E-state index contributed by atoms with van der Waals surface area (Å²) in [6.07, 6.45) is 0. The fraction of sp³-hybridized carbons (Fsp3) is 0.136. The summed E-state index contributed by atoms with van der Waals surface area (Å²) in [5.74, 6) is -0.0799. The van der Waals surface area contributed by atoms with Crippen molar-refractivity contribution >= 4 is 17.3 Å². The normalized spacial score (nSPS) is 11.6. The molecule has 1 unspecified atom stereocenters. The van der Waals surface area contributed by atoms with Crippen LogP contribution in [0.15, 0.2) is 78.9 Å². The van der Waals surface area contributed by atoms with Gasteiger partial charge >= 0.3 is 0 Å². The molecule has 1 amide bonds. The van der Waals surface area contributed by atoms with Gasteiger partial charge in [-0.1, -0.05) is 60.7 Å². The third-order valence-corrected chi connectivity index (χ3v) is 4.13. The molecule has 3 aromatic rings. The second-order valence-electron chi connectivity index (χ2n) is 6.16. The van der Waals surface area contributed by atoms with Crippen molar-refractivity contribution in [1.82, 2.24) is 0 Å². The maximum Gasteiger partial charge on any atom is 0.251 e. The van der Waals surface area contributed by atoms with E-state index in [1.807, 2.05) is 92.7 Å². The Morgan fingerprint density at radius 3 is 2.16 bits per heavy atom. The number of para-hydroxylation sites is 1. The minimum absolute atomic E-state index is 0.0799. The van der Waals surface area contributed by atoms with Crippen molar-refractivity contribution in [3.8, 4) is 0 Å². The summed E-state index contributed by atoms with van der Waals surface area (Å²) in [7, 11) is 0. The van der Waals surface area contributed by atoms with Gasteiger partial charge in [-0.25, -0.2) is 0 Å². The van der Waals surface area contributed by atoms with Gasteiger partial charge < -0.3 is 10.6 Å². The number of anilines is 2. The molecule has 0 radical (unpaired) electrons. The summed E-state index contributed by atoms with van der Waals surface area (Å²) in [4.78, 5) is 13.0. The van der Waals surface area contributed by atoms with Gasteiger partial charge in [0.1, 0.15) is 6.04 Å². The first-order valence-corrected chi connectivity index (χ1v) is 8.38. The zero-order valence-corrected chi connectivity index (χ0v) is 14.5. The number of aryl methyl sites for hydroxylation is 2. The molecule has 0 saturated heterocycles. The van der Waals surface area contributed by atoms with Crippen molar-refractivity contribution in [2.24, 2.45) is 0 Å². The lowest BCUT2D eigenvalue weighted by atomic mass is 10.0.